The van der Waals surface area contributed by atoms with Gasteiger partial charge in [-0.05, 0) is 31.0 Å². The summed E-state index contributed by atoms with van der Waals surface area (Å²) in [4.78, 5) is 18.6. The smallest absolute Gasteiger partial charge is 0.263 e. The van der Waals surface area contributed by atoms with E-state index in [9.17, 15) is 4.79 Å². The first-order valence-electron chi connectivity index (χ1n) is 8.49. The highest BCUT2D eigenvalue weighted by Crippen LogP contribution is 2.36. The normalized spacial score (nSPS) is 22.8. The number of anilines is 2. The first-order chi connectivity index (χ1) is 12.1. The largest absolute Gasteiger partial charge is 0.480 e. The van der Waals surface area contributed by atoms with E-state index in [4.69, 9.17) is 9.47 Å². The first-order valence-corrected chi connectivity index (χ1v) is 8.49. The number of carbonyl (C=O) groups is 1. The molecule has 2 atom stereocenters. The number of carbonyl (C=O) groups excluding carboxylic acids is 1. The fourth-order valence-electron chi connectivity index (χ4n) is 3.37. The number of aromatic nitrogens is 1. The summed E-state index contributed by atoms with van der Waals surface area (Å²) in [6.45, 7) is 5.41. The van der Waals surface area contributed by atoms with Crippen LogP contribution in [0.2, 0.25) is 0 Å². The molecule has 0 bridgehead atoms. The zero-order valence-electron chi connectivity index (χ0n) is 14.4. The molecule has 2 aliphatic heterocycles. The van der Waals surface area contributed by atoms with Gasteiger partial charge in [0, 0.05) is 6.54 Å². The predicted molar refractivity (Wildman–Crippen MR) is 95.0 cm³/mol. The Morgan fingerprint density at radius 2 is 2.08 bits per heavy atom. The van der Waals surface area contributed by atoms with Gasteiger partial charge in [0.25, 0.3) is 5.91 Å². The van der Waals surface area contributed by atoms with E-state index in [0.717, 1.165) is 17.9 Å². The predicted octanol–water partition coefficient (Wildman–Crippen LogP) is 2.69. The quantitative estimate of drug-likeness (QED) is 0.911. The molecule has 1 aromatic carbocycles. The number of amides is 1. The molecule has 1 saturated heterocycles. The topological polar surface area (TPSA) is 63.7 Å². The van der Waals surface area contributed by atoms with E-state index >= 15 is 0 Å². The lowest BCUT2D eigenvalue weighted by Gasteiger charge is -2.40. The van der Waals surface area contributed by atoms with E-state index < -0.39 is 0 Å². The van der Waals surface area contributed by atoms with Crippen LogP contribution in [-0.4, -0.2) is 36.8 Å². The Bertz CT molecular complexity index is 794. The molecule has 6 nitrogen and oxygen atoms in total. The summed E-state index contributed by atoms with van der Waals surface area (Å²) in [5.41, 5.74) is 2.15. The van der Waals surface area contributed by atoms with Crippen LogP contribution in [0.25, 0.3) is 0 Å². The van der Waals surface area contributed by atoms with Crippen molar-refractivity contribution in [1.29, 1.82) is 0 Å². The molecule has 6 heteroatoms. The van der Waals surface area contributed by atoms with Crippen LogP contribution in [0, 0.1) is 6.92 Å². The molecule has 2 aromatic rings. The summed E-state index contributed by atoms with van der Waals surface area (Å²) in [5.74, 6) is 1.80. The third-order valence-electron chi connectivity index (χ3n) is 4.60. The van der Waals surface area contributed by atoms with Crippen molar-refractivity contribution < 1.29 is 14.3 Å². The molecule has 130 valence electrons. The monoisotopic (exact) mass is 339 g/mol. The van der Waals surface area contributed by atoms with Gasteiger partial charge in [-0.1, -0.05) is 30.3 Å². The van der Waals surface area contributed by atoms with Gasteiger partial charge in [0.15, 0.2) is 18.2 Å². The molecule has 0 saturated carbocycles. The van der Waals surface area contributed by atoms with E-state index in [1.807, 2.05) is 31.2 Å². The van der Waals surface area contributed by atoms with Crippen molar-refractivity contribution in [2.24, 2.45) is 0 Å². The molecule has 2 aliphatic rings. The lowest BCUT2D eigenvalue weighted by Crippen LogP contribution is -2.44. The van der Waals surface area contributed by atoms with E-state index in [0.29, 0.717) is 18.2 Å². The van der Waals surface area contributed by atoms with Gasteiger partial charge < -0.3 is 19.7 Å². The Morgan fingerprint density at radius 3 is 2.88 bits per heavy atom. The molecule has 1 aromatic heterocycles. The number of morpholine rings is 1. The molecule has 3 heterocycles. The van der Waals surface area contributed by atoms with Gasteiger partial charge in [-0.3, -0.25) is 4.79 Å². The van der Waals surface area contributed by atoms with Crippen LogP contribution in [0.4, 0.5) is 11.6 Å². The third kappa shape index (κ3) is 3.05. The average molecular weight is 339 g/mol. The summed E-state index contributed by atoms with van der Waals surface area (Å²) in [7, 11) is 0. The minimum absolute atomic E-state index is 0.0378. The van der Waals surface area contributed by atoms with E-state index in [2.05, 4.69) is 34.3 Å². The third-order valence-corrected chi connectivity index (χ3v) is 4.60. The second kappa shape index (κ2) is 6.37. The van der Waals surface area contributed by atoms with Crippen LogP contribution in [0.5, 0.6) is 5.75 Å². The average Bonchev–Trinajstić information content (AvgIpc) is 2.62. The SMILES string of the molecule is Cc1cc(N2C[C@@H](C)OC[C@H]2c2ccccc2)nc2c1OCC(=O)N2. The minimum atomic E-state index is -0.175. The molecule has 1 fully saturated rings. The summed E-state index contributed by atoms with van der Waals surface area (Å²) >= 11 is 0. The summed E-state index contributed by atoms with van der Waals surface area (Å²) in [5, 5.41) is 2.81. The molecule has 4 rings (SSSR count). The Morgan fingerprint density at radius 1 is 1.28 bits per heavy atom. The van der Waals surface area contributed by atoms with Crippen LogP contribution in [0.15, 0.2) is 36.4 Å². The lowest BCUT2D eigenvalue weighted by atomic mass is 10.0. The van der Waals surface area contributed by atoms with Gasteiger partial charge >= 0.3 is 0 Å². The van der Waals surface area contributed by atoms with Gasteiger partial charge in [0.1, 0.15) is 5.82 Å². The van der Waals surface area contributed by atoms with Crippen molar-refractivity contribution in [3.8, 4) is 5.75 Å². The number of hydrogen-bond acceptors (Lipinski definition) is 5. The van der Waals surface area contributed by atoms with Crippen LogP contribution >= 0.6 is 0 Å². The highest BCUT2D eigenvalue weighted by molar-refractivity contribution is 5.94. The Balaban J connectivity index is 1.74. The number of aryl methyl sites for hydroxylation is 1. The van der Waals surface area contributed by atoms with Crippen molar-refractivity contribution in [1.82, 2.24) is 4.98 Å². The second-order valence-corrected chi connectivity index (χ2v) is 6.53. The standard InChI is InChI=1S/C19H21N3O3/c1-12-8-16(20-19-18(12)25-11-17(23)21-19)22-9-13(2)24-10-15(22)14-6-4-3-5-7-14/h3-8,13,15H,9-11H2,1-2H3,(H,20,21,23)/t13-,15+/m1/s1. The van der Waals surface area contributed by atoms with E-state index in [-0.39, 0.29) is 24.7 Å². The van der Waals surface area contributed by atoms with Crippen molar-refractivity contribution >= 4 is 17.5 Å². The van der Waals surface area contributed by atoms with Crippen molar-refractivity contribution in [3.63, 3.8) is 0 Å². The van der Waals surface area contributed by atoms with E-state index in [1.54, 1.807) is 0 Å². The van der Waals surface area contributed by atoms with Gasteiger partial charge in [-0.25, -0.2) is 4.98 Å². The fourth-order valence-corrected chi connectivity index (χ4v) is 3.37. The molecule has 1 amide bonds. The zero-order chi connectivity index (χ0) is 17.4. The molecular formula is C19H21N3O3. The maximum atomic E-state index is 11.7. The number of benzene rings is 1. The minimum Gasteiger partial charge on any atom is -0.480 e. The number of hydrogen-bond donors (Lipinski definition) is 1. The fraction of sp³-hybridized carbons (Fsp3) is 0.368. The lowest BCUT2D eigenvalue weighted by molar-refractivity contribution is -0.118. The molecule has 0 radical (unpaired) electrons. The number of nitrogens with one attached hydrogen (secondary N) is 1. The number of pyridine rings is 1. The molecule has 1 N–H and O–H groups in total. The molecule has 0 aliphatic carbocycles. The molecule has 0 unspecified atom stereocenters. The number of ether oxygens (including phenoxy) is 2. The Kier molecular flexibility index (Phi) is 4.05. The maximum Gasteiger partial charge on any atom is 0.263 e. The Labute approximate surface area is 146 Å². The van der Waals surface area contributed by atoms with Gasteiger partial charge in [-0.2, -0.15) is 0 Å². The van der Waals surface area contributed by atoms with Crippen LogP contribution < -0.4 is 15.0 Å². The van der Waals surface area contributed by atoms with Gasteiger partial charge in [0.2, 0.25) is 0 Å². The van der Waals surface area contributed by atoms with Crippen molar-refractivity contribution in [3.05, 3.63) is 47.5 Å². The highest BCUT2D eigenvalue weighted by atomic mass is 16.5. The zero-order valence-corrected chi connectivity index (χ0v) is 14.4. The summed E-state index contributed by atoms with van der Waals surface area (Å²) in [6.07, 6.45) is 0.115. The highest BCUT2D eigenvalue weighted by Gasteiger charge is 2.31. The number of fused-ring (bicyclic) bond motifs is 1. The first kappa shape index (κ1) is 15.9. The molecular weight excluding hydrogens is 318 g/mol. The van der Waals surface area contributed by atoms with Crippen LogP contribution in [0.3, 0.4) is 0 Å². The maximum absolute atomic E-state index is 11.7. The Hall–Kier alpha value is -2.60. The second-order valence-electron chi connectivity index (χ2n) is 6.53. The molecule has 25 heavy (non-hydrogen) atoms. The van der Waals surface area contributed by atoms with Gasteiger partial charge in [-0.15, -0.1) is 0 Å². The van der Waals surface area contributed by atoms with E-state index in [1.165, 1.54) is 5.56 Å². The van der Waals surface area contributed by atoms with Crippen LogP contribution in [-0.2, 0) is 9.53 Å². The summed E-state index contributed by atoms with van der Waals surface area (Å²) < 4.78 is 11.4. The van der Waals surface area contributed by atoms with Crippen LogP contribution in [0.1, 0.15) is 24.1 Å². The molecule has 0 spiro atoms. The number of rotatable bonds is 2. The number of nitrogens with zero attached hydrogens (tertiary/aromatic N) is 2. The summed E-state index contributed by atoms with van der Waals surface area (Å²) in [6, 6.07) is 12.4. The van der Waals surface area contributed by atoms with Crippen molar-refractivity contribution in [2.75, 3.05) is 30.0 Å². The van der Waals surface area contributed by atoms with Gasteiger partial charge in [0.05, 0.1) is 18.8 Å². The van der Waals surface area contributed by atoms with Crippen molar-refractivity contribution in [2.45, 2.75) is 26.0 Å².